The molecule has 0 aliphatic rings. The van der Waals surface area contributed by atoms with Crippen molar-refractivity contribution in [3.8, 4) is 5.69 Å². The van der Waals surface area contributed by atoms with Crippen LogP contribution in [-0.4, -0.2) is 35.9 Å². The Balaban J connectivity index is 0.00000288. The van der Waals surface area contributed by atoms with E-state index in [1.807, 2.05) is 22.9 Å². The van der Waals surface area contributed by atoms with E-state index >= 15 is 0 Å². The van der Waals surface area contributed by atoms with E-state index in [1.54, 1.807) is 7.05 Å². The monoisotopic (exact) mass is 441 g/mol. The molecule has 6 heteroatoms. The zero-order valence-corrected chi connectivity index (χ0v) is 17.1. The van der Waals surface area contributed by atoms with E-state index in [9.17, 15) is 0 Å². The van der Waals surface area contributed by atoms with E-state index in [4.69, 9.17) is 0 Å². The molecular formula is C18H28IN5. The number of aliphatic imine (C=N–C) groups is 1. The molecule has 1 aromatic carbocycles. The molecule has 0 aliphatic carbocycles. The van der Waals surface area contributed by atoms with Crippen LogP contribution in [0.15, 0.2) is 41.5 Å². The zero-order valence-electron chi connectivity index (χ0n) is 14.7. The van der Waals surface area contributed by atoms with Crippen LogP contribution in [0.25, 0.3) is 5.69 Å². The van der Waals surface area contributed by atoms with Gasteiger partial charge in [0.15, 0.2) is 5.96 Å². The van der Waals surface area contributed by atoms with Crippen molar-refractivity contribution in [1.82, 2.24) is 20.4 Å². The van der Waals surface area contributed by atoms with Crippen LogP contribution in [0.4, 0.5) is 0 Å². The number of hydrogen-bond donors (Lipinski definition) is 2. The smallest absolute Gasteiger partial charge is 0.190 e. The Morgan fingerprint density at radius 1 is 1.17 bits per heavy atom. The SMILES string of the molecule is CCCNC(=NC)NCCCc1cn(-c2ccccc2)nc1C.I. The quantitative estimate of drug-likeness (QED) is 0.300. The maximum atomic E-state index is 4.61. The highest BCUT2D eigenvalue weighted by molar-refractivity contribution is 14.0. The summed E-state index contributed by atoms with van der Waals surface area (Å²) in [7, 11) is 1.80. The van der Waals surface area contributed by atoms with Crippen LogP contribution < -0.4 is 10.6 Å². The van der Waals surface area contributed by atoms with Gasteiger partial charge in [-0.2, -0.15) is 5.10 Å². The van der Waals surface area contributed by atoms with Gasteiger partial charge in [0, 0.05) is 26.3 Å². The Labute approximate surface area is 162 Å². The van der Waals surface area contributed by atoms with E-state index in [0.717, 1.165) is 49.7 Å². The number of aromatic nitrogens is 2. The second-order valence-corrected chi connectivity index (χ2v) is 5.55. The summed E-state index contributed by atoms with van der Waals surface area (Å²) in [6.45, 7) is 6.07. The first-order valence-corrected chi connectivity index (χ1v) is 8.29. The summed E-state index contributed by atoms with van der Waals surface area (Å²) in [5, 5.41) is 11.2. The van der Waals surface area contributed by atoms with E-state index in [2.05, 4.69) is 52.9 Å². The lowest BCUT2D eigenvalue weighted by atomic mass is 10.1. The largest absolute Gasteiger partial charge is 0.356 e. The molecule has 0 saturated carbocycles. The van der Waals surface area contributed by atoms with Crippen molar-refractivity contribution in [2.24, 2.45) is 4.99 Å². The van der Waals surface area contributed by atoms with Crippen LogP contribution in [0.2, 0.25) is 0 Å². The summed E-state index contributed by atoms with van der Waals surface area (Å²) in [4.78, 5) is 4.21. The number of nitrogens with zero attached hydrogens (tertiary/aromatic N) is 3. The molecule has 0 radical (unpaired) electrons. The maximum Gasteiger partial charge on any atom is 0.190 e. The summed E-state index contributed by atoms with van der Waals surface area (Å²) in [6, 6.07) is 10.2. The van der Waals surface area contributed by atoms with Gasteiger partial charge in [0.2, 0.25) is 0 Å². The van der Waals surface area contributed by atoms with Crippen molar-refractivity contribution in [3.63, 3.8) is 0 Å². The van der Waals surface area contributed by atoms with Crippen molar-refractivity contribution in [2.45, 2.75) is 33.1 Å². The molecule has 132 valence electrons. The predicted octanol–water partition coefficient (Wildman–Crippen LogP) is 3.31. The summed E-state index contributed by atoms with van der Waals surface area (Å²) >= 11 is 0. The highest BCUT2D eigenvalue weighted by Crippen LogP contribution is 2.13. The molecule has 5 nitrogen and oxygen atoms in total. The molecular weight excluding hydrogens is 413 g/mol. The minimum atomic E-state index is 0. The third-order valence-corrected chi connectivity index (χ3v) is 3.70. The molecule has 1 aromatic heterocycles. The van der Waals surface area contributed by atoms with E-state index in [-0.39, 0.29) is 24.0 Å². The molecule has 24 heavy (non-hydrogen) atoms. The van der Waals surface area contributed by atoms with Crippen LogP contribution in [-0.2, 0) is 6.42 Å². The number of aryl methyl sites for hydroxylation is 2. The standard InChI is InChI=1S/C18H27N5.HI/c1-4-12-20-18(19-3)21-13-8-9-16-14-23(22-15(16)2)17-10-6-5-7-11-17;/h5-7,10-11,14H,4,8-9,12-13H2,1-3H3,(H2,19,20,21);1H. The Morgan fingerprint density at radius 2 is 1.88 bits per heavy atom. The minimum Gasteiger partial charge on any atom is -0.356 e. The van der Waals surface area contributed by atoms with Crippen molar-refractivity contribution in [3.05, 3.63) is 47.8 Å². The first-order valence-electron chi connectivity index (χ1n) is 8.29. The second kappa shape index (κ2) is 11.1. The Kier molecular flexibility index (Phi) is 9.44. The van der Waals surface area contributed by atoms with E-state index in [1.165, 1.54) is 5.56 Å². The van der Waals surface area contributed by atoms with Gasteiger partial charge >= 0.3 is 0 Å². The van der Waals surface area contributed by atoms with Crippen molar-refractivity contribution < 1.29 is 0 Å². The van der Waals surface area contributed by atoms with Gasteiger partial charge in [0.25, 0.3) is 0 Å². The summed E-state index contributed by atoms with van der Waals surface area (Å²) in [5.41, 5.74) is 3.50. The molecule has 2 aromatic rings. The number of guanidine groups is 1. The summed E-state index contributed by atoms with van der Waals surface area (Å²) in [6.07, 6.45) is 5.29. The normalized spacial score (nSPS) is 11.0. The lowest BCUT2D eigenvalue weighted by Gasteiger charge is -2.10. The van der Waals surface area contributed by atoms with Gasteiger partial charge < -0.3 is 10.6 Å². The van der Waals surface area contributed by atoms with Gasteiger partial charge in [0.05, 0.1) is 11.4 Å². The molecule has 0 fully saturated rings. The summed E-state index contributed by atoms with van der Waals surface area (Å²) in [5.74, 6) is 0.878. The Morgan fingerprint density at radius 3 is 2.54 bits per heavy atom. The minimum absolute atomic E-state index is 0. The molecule has 2 N–H and O–H groups in total. The molecule has 2 rings (SSSR count). The molecule has 0 saturated heterocycles. The van der Waals surface area contributed by atoms with Crippen LogP contribution in [0, 0.1) is 6.92 Å². The average molecular weight is 441 g/mol. The van der Waals surface area contributed by atoms with Gasteiger partial charge in [-0.15, -0.1) is 24.0 Å². The number of hydrogen-bond acceptors (Lipinski definition) is 2. The highest BCUT2D eigenvalue weighted by atomic mass is 127. The first kappa shape index (κ1) is 20.5. The maximum absolute atomic E-state index is 4.61. The number of benzene rings is 1. The molecule has 0 bridgehead atoms. The van der Waals surface area contributed by atoms with Crippen LogP contribution in [0.3, 0.4) is 0 Å². The summed E-state index contributed by atoms with van der Waals surface area (Å²) < 4.78 is 1.96. The van der Waals surface area contributed by atoms with Crippen LogP contribution in [0.5, 0.6) is 0 Å². The van der Waals surface area contributed by atoms with Crippen molar-refractivity contribution in [1.29, 1.82) is 0 Å². The zero-order chi connectivity index (χ0) is 16.5. The number of para-hydroxylation sites is 1. The Hall–Kier alpha value is -1.57. The first-order chi connectivity index (χ1) is 11.2. The molecule has 0 spiro atoms. The molecule has 0 unspecified atom stereocenters. The van der Waals surface area contributed by atoms with Gasteiger partial charge in [-0.05, 0) is 43.9 Å². The van der Waals surface area contributed by atoms with Crippen LogP contribution in [0.1, 0.15) is 31.0 Å². The third-order valence-electron chi connectivity index (χ3n) is 3.70. The Bertz CT molecular complexity index is 622. The van der Waals surface area contributed by atoms with Crippen molar-refractivity contribution >= 4 is 29.9 Å². The van der Waals surface area contributed by atoms with Crippen LogP contribution >= 0.6 is 24.0 Å². The van der Waals surface area contributed by atoms with E-state index < -0.39 is 0 Å². The van der Waals surface area contributed by atoms with Gasteiger partial charge in [-0.1, -0.05) is 25.1 Å². The predicted molar refractivity (Wildman–Crippen MR) is 112 cm³/mol. The topological polar surface area (TPSA) is 54.2 Å². The third kappa shape index (κ3) is 6.14. The molecule has 0 aliphatic heterocycles. The average Bonchev–Trinajstić information content (AvgIpc) is 2.96. The van der Waals surface area contributed by atoms with Gasteiger partial charge in [0.1, 0.15) is 0 Å². The fourth-order valence-electron chi connectivity index (χ4n) is 2.40. The molecule has 0 amide bonds. The van der Waals surface area contributed by atoms with E-state index in [0.29, 0.717) is 0 Å². The number of halogens is 1. The number of rotatable bonds is 7. The second-order valence-electron chi connectivity index (χ2n) is 5.55. The molecule has 0 atom stereocenters. The van der Waals surface area contributed by atoms with Gasteiger partial charge in [-0.3, -0.25) is 4.99 Å². The number of nitrogens with one attached hydrogen (secondary N) is 2. The van der Waals surface area contributed by atoms with Gasteiger partial charge in [-0.25, -0.2) is 4.68 Å². The van der Waals surface area contributed by atoms with Crippen molar-refractivity contribution in [2.75, 3.05) is 20.1 Å². The fourth-order valence-corrected chi connectivity index (χ4v) is 2.40. The lowest BCUT2D eigenvalue weighted by molar-refractivity contribution is 0.733. The fraction of sp³-hybridized carbons (Fsp3) is 0.444. The lowest BCUT2D eigenvalue weighted by Crippen LogP contribution is -2.38. The molecule has 1 heterocycles. The highest BCUT2D eigenvalue weighted by Gasteiger charge is 2.06.